The molecule has 0 heterocycles. The average molecular weight is 255 g/mol. The van der Waals surface area contributed by atoms with Gasteiger partial charge in [0.15, 0.2) is 0 Å². The maximum atomic E-state index is 14.4. The van der Waals surface area contributed by atoms with Gasteiger partial charge in [0.25, 0.3) is 0 Å². The molecule has 0 aromatic heterocycles. The monoisotopic (exact) mass is 255 g/mol. The van der Waals surface area contributed by atoms with E-state index in [1.54, 1.807) is 0 Å². The number of methoxy groups -OCH3 is 1. The molecule has 1 aliphatic rings. The molecule has 0 aliphatic heterocycles. The number of halogens is 2. The third-order valence-corrected chi connectivity index (χ3v) is 3.76. The van der Waals surface area contributed by atoms with Crippen molar-refractivity contribution in [2.75, 3.05) is 7.11 Å². The predicted molar refractivity (Wildman–Crippen MR) is 66.0 cm³/mol. The van der Waals surface area contributed by atoms with E-state index in [0.29, 0.717) is 5.56 Å². The molecule has 0 spiro atoms. The van der Waals surface area contributed by atoms with Crippen LogP contribution >= 0.6 is 0 Å². The highest BCUT2D eigenvalue weighted by molar-refractivity contribution is 5.33. The molecule has 0 bridgehead atoms. The lowest BCUT2D eigenvalue weighted by atomic mass is 9.77. The first-order chi connectivity index (χ1) is 8.58. The maximum Gasteiger partial charge on any atom is 0.136 e. The van der Waals surface area contributed by atoms with Gasteiger partial charge in [-0.3, -0.25) is 0 Å². The predicted octanol–water partition coefficient (Wildman–Crippen LogP) is 3.23. The Balaban J connectivity index is 2.41. The third kappa shape index (κ3) is 2.40. The minimum absolute atomic E-state index is 0.0228. The lowest BCUT2D eigenvalue weighted by Gasteiger charge is -2.34. The Hall–Kier alpha value is -1.00. The highest BCUT2D eigenvalue weighted by Gasteiger charge is 2.33. The summed E-state index contributed by atoms with van der Waals surface area (Å²) in [5.41, 5.74) is 6.04. The van der Waals surface area contributed by atoms with Gasteiger partial charge in [-0.15, -0.1) is 0 Å². The van der Waals surface area contributed by atoms with Crippen LogP contribution in [-0.4, -0.2) is 7.11 Å². The summed E-state index contributed by atoms with van der Waals surface area (Å²) in [7, 11) is 1.42. The standard InChI is InChI=1S/C14H19F2NO/c1-18-9-10-12(15)6-5-11(13(10)16)14(17)7-3-2-4-8-14/h5-6H,2-4,7-9,17H2,1H3. The minimum Gasteiger partial charge on any atom is -0.380 e. The van der Waals surface area contributed by atoms with Crippen molar-refractivity contribution in [1.82, 2.24) is 0 Å². The third-order valence-electron chi connectivity index (χ3n) is 3.76. The second-order valence-electron chi connectivity index (χ2n) is 5.04. The minimum atomic E-state index is -0.654. The van der Waals surface area contributed by atoms with Crippen LogP contribution in [-0.2, 0) is 16.9 Å². The fourth-order valence-corrected chi connectivity index (χ4v) is 2.71. The molecule has 1 aromatic rings. The van der Waals surface area contributed by atoms with E-state index in [2.05, 4.69) is 0 Å². The maximum absolute atomic E-state index is 14.4. The molecule has 2 rings (SSSR count). The van der Waals surface area contributed by atoms with Gasteiger partial charge in [0.1, 0.15) is 11.6 Å². The van der Waals surface area contributed by atoms with Crippen LogP contribution in [0, 0.1) is 11.6 Å². The van der Waals surface area contributed by atoms with Gasteiger partial charge < -0.3 is 10.5 Å². The fraction of sp³-hybridized carbons (Fsp3) is 0.571. The largest absolute Gasteiger partial charge is 0.380 e. The number of hydrogen-bond donors (Lipinski definition) is 1. The number of nitrogens with two attached hydrogens (primary N) is 1. The first kappa shape index (κ1) is 13.4. The molecule has 0 unspecified atom stereocenters. The Labute approximate surface area is 106 Å². The van der Waals surface area contributed by atoms with E-state index in [0.717, 1.165) is 32.1 Å². The van der Waals surface area contributed by atoms with Crippen LogP contribution in [0.4, 0.5) is 8.78 Å². The summed E-state index contributed by atoms with van der Waals surface area (Å²) in [4.78, 5) is 0. The molecule has 100 valence electrons. The average Bonchev–Trinajstić information content (AvgIpc) is 2.35. The fourth-order valence-electron chi connectivity index (χ4n) is 2.71. The van der Waals surface area contributed by atoms with Crippen LogP contribution in [0.5, 0.6) is 0 Å². The summed E-state index contributed by atoms with van der Waals surface area (Å²) < 4.78 is 32.7. The van der Waals surface area contributed by atoms with Crippen molar-refractivity contribution in [1.29, 1.82) is 0 Å². The van der Waals surface area contributed by atoms with Crippen LogP contribution in [0.25, 0.3) is 0 Å². The lowest BCUT2D eigenvalue weighted by Crippen LogP contribution is -2.39. The number of benzene rings is 1. The molecular formula is C14H19F2NO. The first-order valence-electron chi connectivity index (χ1n) is 6.33. The molecule has 18 heavy (non-hydrogen) atoms. The van der Waals surface area contributed by atoms with E-state index in [1.165, 1.54) is 19.2 Å². The highest BCUT2D eigenvalue weighted by Crippen LogP contribution is 2.37. The number of ether oxygens (including phenoxy) is 1. The zero-order valence-electron chi connectivity index (χ0n) is 10.6. The van der Waals surface area contributed by atoms with Crippen molar-refractivity contribution in [2.24, 2.45) is 5.73 Å². The zero-order valence-corrected chi connectivity index (χ0v) is 10.6. The molecule has 1 aliphatic carbocycles. The summed E-state index contributed by atoms with van der Waals surface area (Å²) in [5, 5.41) is 0. The second kappa shape index (κ2) is 5.33. The van der Waals surface area contributed by atoms with Crippen molar-refractivity contribution in [3.8, 4) is 0 Å². The highest BCUT2D eigenvalue weighted by atomic mass is 19.1. The van der Waals surface area contributed by atoms with Gasteiger partial charge >= 0.3 is 0 Å². The Morgan fingerprint density at radius 1 is 1.22 bits per heavy atom. The lowest BCUT2D eigenvalue weighted by molar-refractivity contribution is 0.176. The van der Waals surface area contributed by atoms with Crippen LogP contribution in [0.3, 0.4) is 0 Å². The SMILES string of the molecule is COCc1c(F)ccc(C2(N)CCCCC2)c1F. The van der Waals surface area contributed by atoms with Gasteiger partial charge in [0.2, 0.25) is 0 Å². The van der Waals surface area contributed by atoms with Gasteiger partial charge in [0, 0.05) is 23.8 Å². The second-order valence-corrected chi connectivity index (χ2v) is 5.04. The summed E-state index contributed by atoms with van der Waals surface area (Å²) in [6, 6.07) is 2.77. The van der Waals surface area contributed by atoms with E-state index < -0.39 is 17.2 Å². The molecule has 1 fully saturated rings. The van der Waals surface area contributed by atoms with Gasteiger partial charge in [-0.25, -0.2) is 8.78 Å². The van der Waals surface area contributed by atoms with Crippen molar-refractivity contribution >= 4 is 0 Å². The van der Waals surface area contributed by atoms with Gasteiger partial charge in [-0.05, 0) is 18.9 Å². The molecule has 0 amide bonds. The van der Waals surface area contributed by atoms with Gasteiger partial charge in [-0.2, -0.15) is 0 Å². The van der Waals surface area contributed by atoms with E-state index in [1.807, 2.05) is 0 Å². The molecule has 0 saturated heterocycles. The molecule has 1 saturated carbocycles. The summed E-state index contributed by atoms with van der Waals surface area (Å²) in [6.45, 7) is -0.0679. The van der Waals surface area contributed by atoms with Crippen molar-refractivity contribution in [3.05, 3.63) is 34.9 Å². The van der Waals surface area contributed by atoms with Crippen molar-refractivity contribution in [3.63, 3.8) is 0 Å². The number of hydrogen-bond acceptors (Lipinski definition) is 2. The zero-order chi connectivity index (χ0) is 13.2. The van der Waals surface area contributed by atoms with Crippen molar-refractivity contribution in [2.45, 2.75) is 44.2 Å². The Morgan fingerprint density at radius 3 is 2.50 bits per heavy atom. The van der Waals surface area contributed by atoms with E-state index in [-0.39, 0.29) is 12.2 Å². The van der Waals surface area contributed by atoms with Crippen molar-refractivity contribution < 1.29 is 13.5 Å². The molecule has 0 radical (unpaired) electrons. The normalized spacial score (nSPS) is 18.9. The number of rotatable bonds is 3. The molecule has 2 nitrogen and oxygen atoms in total. The summed E-state index contributed by atoms with van der Waals surface area (Å²) >= 11 is 0. The molecule has 1 aromatic carbocycles. The quantitative estimate of drug-likeness (QED) is 0.900. The smallest absolute Gasteiger partial charge is 0.136 e. The Morgan fingerprint density at radius 2 is 1.89 bits per heavy atom. The Kier molecular flexibility index (Phi) is 3.97. The van der Waals surface area contributed by atoms with E-state index in [9.17, 15) is 8.78 Å². The Bertz CT molecular complexity index is 428. The summed E-state index contributed by atoms with van der Waals surface area (Å²) in [6.07, 6.45) is 4.62. The van der Waals surface area contributed by atoms with Crippen LogP contribution in [0.1, 0.15) is 43.2 Å². The summed E-state index contributed by atoms with van der Waals surface area (Å²) in [5.74, 6) is -1.11. The van der Waals surface area contributed by atoms with Crippen LogP contribution in [0.15, 0.2) is 12.1 Å². The van der Waals surface area contributed by atoms with Crippen LogP contribution in [0.2, 0.25) is 0 Å². The molecule has 2 N–H and O–H groups in total. The first-order valence-corrected chi connectivity index (χ1v) is 6.33. The van der Waals surface area contributed by atoms with E-state index in [4.69, 9.17) is 10.5 Å². The van der Waals surface area contributed by atoms with Gasteiger partial charge in [0.05, 0.1) is 6.61 Å². The van der Waals surface area contributed by atoms with Crippen LogP contribution < -0.4 is 5.73 Å². The topological polar surface area (TPSA) is 35.2 Å². The molecule has 0 atom stereocenters. The molecule has 4 heteroatoms. The van der Waals surface area contributed by atoms with E-state index >= 15 is 0 Å². The van der Waals surface area contributed by atoms with Gasteiger partial charge in [-0.1, -0.05) is 25.3 Å². The molecular weight excluding hydrogens is 236 g/mol.